The summed E-state index contributed by atoms with van der Waals surface area (Å²) in [6, 6.07) is 1.42. The van der Waals surface area contributed by atoms with Gasteiger partial charge in [-0.05, 0) is 57.1 Å². The number of hydrogen-bond acceptors (Lipinski definition) is 9. The van der Waals surface area contributed by atoms with E-state index in [-0.39, 0.29) is 54.4 Å². The molecular weight excluding hydrogens is 571 g/mol. The van der Waals surface area contributed by atoms with Gasteiger partial charge in [0, 0.05) is 45.5 Å². The van der Waals surface area contributed by atoms with Crippen molar-refractivity contribution in [3.05, 3.63) is 46.5 Å². The molecule has 0 N–H and O–H groups in total. The van der Waals surface area contributed by atoms with Gasteiger partial charge in [0.05, 0.1) is 17.3 Å². The highest BCUT2D eigenvalue weighted by atomic mass is 35.5. The number of piperidine rings is 1. The summed E-state index contributed by atoms with van der Waals surface area (Å²) in [6.07, 6.45) is 12.8. The van der Waals surface area contributed by atoms with E-state index >= 15 is 0 Å². The Morgan fingerprint density at radius 1 is 1.10 bits per heavy atom. The molecule has 2 heterocycles. The van der Waals surface area contributed by atoms with E-state index in [1.54, 1.807) is 11.0 Å². The molecule has 1 saturated heterocycles. The van der Waals surface area contributed by atoms with Gasteiger partial charge in [-0.25, -0.2) is 4.79 Å². The monoisotopic (exact) mass is 610 g/mol. The quantitative estimate of drug-likeness (QED) is 0.0834. The van der Waals surface area contributed by atoms with Crippen LogP contribution in [0, 0.1) is 0 Å². The molecule has 0 aliphatic carbocycles. The Kier molecular flexibility index (Phi) is 13.2. The highest BCUT2D eigenvalue weighted by Gasteiger charge is 2.28. The molecule has 1 aromatic carbocycles. The fourth-order valence-electron chi connectivity index (χ4n) is 4.30. The molecular formula is C29H40ClN2O8P. The molecule has 226 valence electrons. The maximum Gasteiger partial charge on any atom is 0.342 e. The first-order valence-electron chi connectivity index (χ1n) is 14.0. The van der Waals surface area contributed by atoms with Crippen molar-refractivity contribution in [1.82, 2.24) is 4.90 Å². The number of nitrogens with zero attached hydrogens (tertiary/aromatic N) is 2. The highest BCUT2D eigenvalue weighted by molar-refractivity contribution is 7.57. The molecule has 1 aromatic rings. The summed E-state index contributed by atoms with van der Waals surface area (Å²) in [5, 5.41) is 4.38. The molecule has 0 unspecified atom stereocenters. The number of likely N-dealkylation sites (tertiary alicyclic amines) is 1. The predicted molar refractivity (Wildman–Crippen MR) is 159 cm³/mol. The summed E-state index contributed by atoms with van der Waals surface area (Å²) >= 11 is 6.81. The molecule has 1 amide bonds. The largest absolute Gasteiger partial charge is 0.466 e. The van der Waals surface area contributed by atoms with Crippen molar-refractivity contribution in [2.24, 2.45) is 5.16 Å². The van der Waals surface area contributed by atoms with Gasteiger partial charge in [-0.15, -0.1) is 0 Å². The number of oxime groups is 1. The van der Waals surface area contributed by atoms with Crippen molar-refractivity contribution in [3.8, 4) is 11.5 Å². The standard InChI is InChI=1S/C29H40ClN2O8P/c1-4-36-21-38-25-19-24(40-41(2,3)35)27-23(28(25)30)18-22(14-10-7-5-6-8-13-17-37-29(27)34)31-39-20-26(33)32-15-11-9-12-16-32/h6,8,10,14,19H,4-5,7,9,11-13,15-18,20-21H2,1-3H3/b8-6+,14-10+,31-22?. The number of fused-ring (bicyclic) bond motifs is 1. The number of rotatable bonds is 9. The zero-order valence-electron chi connectivity index (χ0n) is 24.1. The third-order valence-corrected chi connectivity index (χ3v) is 7.30. The van der Waals surface area contributed by atoms with Crippen LogP contribution in [0.5, 0.6) is 11.5 Å². The fraction of sp³-hybridized carbons (Fsp3) is 0.552. The van der Waals surface area contributed by atoms with Crippen LogP contribution < -0.4 is 9.26 Å². The van der Waals surface area contributed by atoms with Crippen LogP contribution in [-0.4, -0.2) is 75.5 Å². The second kappa shape index (κ2) is 16.6. The van der Waals surface area contributed by atoms with Gasteiger partial charge in [0.2, 0.25) is 7.37 Å². The van der Waals surface area contributed by atoms with E-state index in [0.717, 1.165) is 32.1 Å². The summed E-state index contributed by atoms with van der Waals surface area (Å²) in [7, 11) is -3.12. The molecule has 41 heavy (non-hydrogen) atoms. The molecule has 0 bridgehead atoms. The first kappa shape index (κ1) is 32.7. The number of allylic oxidation sites excluding steroid dienone is 3. The van der Waals surface area contributed by atoms with Gasteiger partial charge in [-0.1, -0.05) is 35.0 Å². The SMILES string of the molecule is CCOCOc1cc(OP(C)(C)=O)c2c(c1Cl)CC(=NOCC(=O)N1CCCCC1)/C=C/CC/C=C/CCOC2=O. The summed E-state index contributed by atoms with van der Waals surface area (Å²) in [6.45, 7) is 6.39. The normalized spacial score (nSPS) is 19.5. The van der Waals surface area contributed by atoms with Crippen molar-refractivity contribution in [2.45, 2.75) is 51.9 Å². The molecule has 2 aliphatic heterocycles. The lowest BCUT2D eigenvalue weighted by Crippen LogP contribution is -2.37. The van der Waals surface area contributed by atoms with Crippen LogP contribution in [-0.2, 0) is 30.1 Å². The minimum Gasteiger partial charge on any atom is -0.466 e. The Morgan fingerprint density at radius 3 is 2.56 bits per heavy atom. The number of ether oxygens (including phenoxy) is 3. The maximum absolute atomic E-state index is 13.4. The van der Waals surface area contributed by atoms with E-state index in [9.17, 15) is 14.2 Å². The lowest BCUT2D eigenvalue weighted by atomic mass is 9.99. The number of amides is 1. The third kappa shape index (κ3) is 10.8. The topological polar surface area (TPSA) is 113 Å². The summed E-state index contributed by atoms with van der Waals surface area (Å²) in [5.41, 5.74) is 0.739. The smallest absolute Gasteiger partial charge is 0.342 e. The van der Waals surface area contributed by atoms with E-state index < -0.39 is 13.3 Å². The molecule has 3 rings (SSSR count). The van der Waals surface area contributed by atoms with Crippen molar-refractivity contribution >= 4 is 36.6 Å². The van der Waals surface area contributed by atoms with E-state index in [1.165, 1.54) is 19.4 Å². The minimum atomic E-state index is -3.12. The van der Waals surface area contributed by atoms with Crippen LogP contribution >= 0.6 is 19.0 Å². The van der Waals surface area contributed by atoms with Gasteiger partial charge in [0.15, 0.2) is 13.4 Å². The predicted octanol–water partition coefficient (Wildman–Crippen LogP) is 6.01. The zero-order chi connectivity index (χ0) is 29.7. The molecule has 0 saturated carbocycles. The summed E-state index contributed by atoms with van der Waals surface area (Å²) in [4.78, 5) is 33.3. The van der Waals surface area contributed by atoms with Gasteiger partial charge in [0.25, 0.3) is 5.91 Å². The lowest BCUT2D eigenvalue weighted by molar-refractivity contribution is -0.137. The average Bonchev–Trinajstić information content (AvgIpc) is 2.93. The highest BCUT2D eigenvalue weighted by Crippen LogP contribution is 2.45. The first-order valence-corrected chi connectivity index (χ1v) is 16.8. The number of esters is 1. The van der Waals surface area contributed by atoms with Crippen molar-refractivity contribution in [1.29, 1.82) is 0 Å². The summed E-state index contributed by atoms with van der Waals surface area (Å²) < 4.78 is 35.1. The molecule has 0 radical (unpaired) electrons. The maximum atomic E-state index is 13.4. The lowest BCUT2D eigenvalue weighted by Gasteiger charge is -2.26. The molecule has 10 nitrogen and oxygen atoms in total. The summed E-state index contributed by atoms with van der Waals surface area (Å²) in [5.74, 6) is -0.614. The Bertz CT molecular complexity index is 1190. The fourth-order valence-corrected chi connectivity index (χ4v) is 5.19. The number of carbonyl (C=O) groups excluding carboxylic acids is 2. The molecule has 1 fully saturated rings. The van der Waals surface area contributed by atoms with Gasteiger partial charge in [0.1, 0.15) is 17.1 Å². The zero-order valence-corrected chi connectivity index (χ0v) is 25.7. The van der Waals surface area contributed by atoms with Crippen molar-refractivity contribution in [2.75, 3.05) is 53.0 Å². The van der Waals surface area contributed by atoms with Crippen LogP contribution in [0.25, 0.3) is 0 Å². The van der Waals surface area contributed by atoms with E-state index in [0.29, 0.717) is 37.4 Å². The average molecular weight is 611 g/mol. The first-order chi connectivity index (χ1) is 19.7. The molecule has 2 aliphatic rings. The van der Waals surface area contributed by atoms with Crippen LogP contribution in [0.3, 0.4) is 0 Å². The van der Waals surface area contributed by atoms with E-state index in [2.05, 4.69) is 5.16 Å². The Morgan fingerprint density at radius 2 is 1.83 bits per heavy atom. The van der Waals surface area contributed by atoms with Crippen LogP contribution in [0.15, 0.2) is 35.5 Å². The second-order valence-electron chi connectivity index (χ2n) is 9.99. The Hall–Kier alpha value is -2.81. The van der Waals surface area contributed by atoms with Crippen LogP contribution in [0.2, 0.25) is 5.02 Å². The second-order valence-corrected chi connectivity index (χ2v) is 13.1. The van der Waals surface area contributed by atoms with Gasteiger partial charge >= 0.3 is 5.97 Å². The van der Waals surface area contributed by atoms with Crippen LogP contribution in [0.1, 0.15) is 61.4 Å². The molecule has 12 heteroatoms. The van der Waals surface area contributed by atoms with E-state index in [4.69, 9.17) is 35.2 Å². The number of hydrogen-bond donors (Lipinski definition) is 0. The molecule has 0 aromatic heterocycles. The number of carbonyl (C=O) groups is 2. The molecule has 0 atom stereocenters. The third-order valence-electron chi connectivity index (χ3n) is 6.25. The van der Waals surface area contributed by atoms with Gasteiger partial charge < -0.3 is 28.5 Å². The Labute approximate surface area is 247 Å². The van der Waals surface area contributed by atoms with Crippen molar-refractivity contribution in [3.63, 3.8) is 0 Å². The minimum absolute atomic E-state index is 0.0152. The number of halogens is 1. The van der Waals surface area contributed by atoms with Crippen LogP contribution in [0.4, 0.5) is 0 Å². The van der Waals surface area contributed by atoms with Gasteiger partial charge in [-0.3, -0.25) is 9.36 Å². The number of cyclic esters (lactones) is 1. The number of benzene rings is 1. The Balaban J connectivity index is 2.03. The molecule has 0 spiro atoms. The van der Waals surface area contributed by atoms with Crippen molar-refractivity contribution < 1.29 is 37.7 Å². The van der Waals surface area contributed by atoms with E-state index in [1.807, 2.05) is 25.2 Å². The van der Waals surface area contributed by atoms with Gasteiger partial charge in [-0.2, -0.15) is 0 Å².